The van der Waals surface area contributed by atoms with Crippen molar-refractivity contribution in [2.75, 3.05) is 27.7 Å². The summed E-state index contributed by atoms with van der Waals surface area (Å²) in [5, 5.41) is 0.0223. The van der Waals surface area contributed by atoms with Gasteiger partial charge >= 0.3 is 5.97 Å². The third-order valence-corrected chi connectivity index (χ3v) is 5.80. The summed E-state index contributed by atoms with van der Waals surface area (Å²) >= 11 is 5.98. The fraction of sp³-hybridized carbons (Fsp3) is 0.294. The third kappa shape index (κ3) is 5.09. The first-order valence-electron chi connectivity index (χ1n) is 7.78. The lowest BCUT2D eigenvalue weighted by molar-refractivity contribution is -0.133. The molecule has 8 nitrogen and oxygen atoms in total. The van der Waals surface area contributed by atoms with Crippen molar-refractivity contribution in [3.63, 3.8) is 0 Å². The van der Waals surface area contributed by atoms with E-state index in [1.807, 2.05) is 0 Å². The molecule has 1 aromatic carbocycles. The van der Waals surface area contributed by atoms with Gasteiger partial charge in [0, 0.05) is 21.1 Å². The van der Waals surface area contributed by atoms with E-state index in [1.54, 1.807) is 12.1 Å². The second-order valence-corrected chi connectivity index (χ2v) is 8.39. The number of hydrogen-bond acceptors (Lipinski definition) is 6. The van der Waals surface area contributed by atoms with Crippen molar-refractivity contribution >= 4 is 33.5 Å². The molecule has 146 valence electrons. The number of benzene rings is 1. The Hall–Kier alpha value is -2.36. The van der Waals surface area contributed by atoms with Crippen LogP contribution in [0.4, 0.5) is 0 Å². The normalized spacial score (nSPS) is 11.4. The Morgan fingerprint density at radius 1 is 1.19 bits per heavy atom. The summed E-state index contributed by atoms with van der Waals surface area (Å²) in [7, 11) is 0.537. The van der Waals surface area contributed by atoms with Crippen molar-refractivity contribution in [2.24, 2.45) is 0 Å². The maximum absolute atomic E-state index is 12.3. The molecule has 2 rings (SSSR count). The second-order valence-electron chi connectivity index (χ2n) is 5.83. The molecule has 0 saturated heterocycles. The molecule has 0 aliphatic heterocycles. The van der Waals surface area contributed by atoms with Gasteiger partial charge in [-0.25, -0.2) is 17.5 Å². The lowest BCUT2D eigenvalue weighted by Gasteiger charge is -2.16. The van der Waals surface area contributed by atoms with Gasteiger partial charge in [-0.2, -0.15) is 0 Å². The molecule has 0 bridgehead atoms. The van der Waals surface area contributed by atoms with E-state index in [9.17, 15) is 18.0 Å². The summed E-state index contributed by atoms with van der Waals surface area (Å²) in [5.41, 5.74) is -0.138. The largest absolute Gasteiger partial charge is 0.467 e. The first-order valence-corrected chi connectivity index (χ1v) is 9.60. The van der Waals surface area contributed by atoms with Crippen molar-refractivity contribution in [3.8, 4) is 0 Å². The number of nitrogens with zero attached hydrogens (tertiary/aromatic N) is 2. The molecule has 0 radical (unpaired) electrons. The molecule has 2 aromatic rings. The van der Waals surface area contributed by atoms with Crippen LogP contribution in [0.2, 0.25) is 5.02 Å². The van der Waals surface area contributed by atoms with Gasteiger partial charge in [0.2, 0.25) is 10.0 Å². The van der Waals surface area contributed by atoms with E-state index in [4.69, 9.17) is 20.8 Å². The molecule has 10 heteroatoms. The number of amides is 1. The monoisotopic (exact) mass is 414 g/mol. The summed E-state index contributed by atoms with van der Waals surface area (Å²) in [6.07, 6.45) is 1.49. The van der Waals surface area contributed by atoms with E-state index in [-0.39, 0.29) is 22.0 Å². The molecule has 0 atom stereocenters. The third-order valence-electron chi connectivity index (χ3n) is 3.66. The Bertz CT molecular complexity index is 925. The zero-order valence-corrected chi connectivity index (χ0v) is 16.6. The van der Waals surface area contributed by atoms with E-state index in [0.717, 1.165) is 10.4 Å². The van der Waals surface area contributed by atoms with Crippen LogP contribution in [-0.4, -0.2) is 57.2 Å². The highest BCUT2D eigenvalue weighted by Crippen LogP contribution is 2.23. The SMILES string of the molecule is CN(Cc1ccco1)C(=O)COC(=O)c1cc(S(=O)(=O)N(C)C)ccc1Cl. The minimum Gasteiger partial charge on any atom is -0.467 e. The van der Waals surface area contributed by atoms with E-state index >= 15 is 0 Å². The summed E-state index contributed by atoms with van der Waals surface area (Å²) in [5.74, 6) is -0.759. The van der Waals surface area contributed by atoms with Crippen LogP contribution in [0.1, 0.15) is 16.1 Å². The first-order chi connectivity index (χ1) is 12.6. The highest BCUT2D eigenvalue weighted by Gasteiger charge is 2.22. The lowest BCUT2D eigenvalue weighted by Crippen LogP contribution is -2.30. The Kier molecular flexibility index (Phi) is 6.63. The quantitative estimate of drug-likeness (QED) is 0.643. The van der Waals surface area contributed by atoms with Gasteiger partial charge < -0.3 is 14.1 Å². The maximum Gasteiger partial charge on any atom is 0.340 e. The summed E-state index contributed by atoms with van der Waals surface area (Å²) < 4.78 is 35.5. The Morgan fingerprint density at radius 2 is 1.89 bits per heavy atom. The Balaban J connectivity index is 2.06. The molecule has 1 heterocycles. The van der Waals surface area contributed by atoms with Crippen LogP contribution in [0.25, 0.3) is 0 Å². The number of sulfonamides is 1. The predicted molar refractivity (Wildman–Crippen MR) is 97.8 cm³/mol. The van der Waals surface area contributed by atoms with E-state index in [2.05, 4.69) is 0 Å². The van der Waals surface area contributed by atoms with Crippen molar-refractivity contribution in [2.45, 2.75) is 11.4 Å². The molecule has 0 aliphatic carbocycles. The van der Waals surface area contributed by atoms with Crippen LogP contribution in [0.15, 0.2) is 45.9 Å². The smallest absolute Gasteiger partial charge is 0.340 e. The van der Waals surface area contributed by atoms with E-state index < -0.39 is 28.5 Å². The number of furan rings is 1. The number of carbonyl (C=O) groups excluding carboxylic acids is 2. The molecule has 27 heavy (non-hydrogen) atoms. The van der Waals surface area contributed by atoms with Gasteiger partial charge in [-0.3, -0.25) is 4.79 Å². The summed E-state index contributed by atoms with van der Waals surface area (Å²) in [6, 6.07) is 7.11. The highest BCUT2D eigenvalue weighted by molar-refractivity contribution is 7.89. The van der Waals surface area contributed by atoms with Crippen LogP contribution in [0.3, 0.4) is 0 Å². The van der Waals surface area contributed by atoms with Gasteiger partial charge in [0.05, 0.1) is 28.3 Å². The first kappa shape index (κ1) is 20.9. The van der Waals surface area contributed by atoms with Gasteiger partial charge in [-0.15, -0.1) is 0 Å². The molecule has 1 aromatic heterocycles. The number of carbonyl (C=O) groups is 2. The molecule has 1 amide bonds. The van der Waals surface area contributed by atoms with Gasteiger partial charge in [-0.1, -0.05) is 11.6 Å². The van der Waals surface area contributed by atoms with E-state index in [0.29, 0.717) is 5.76 Å². The zero-order chi connectivity index (χ0) is 20.2. The summed E-state index contributed by atoms with van der Waals surface area (Å²) in [6.45, 7) is -0.294. The van der Waals surface area contributed by atoms with Gasteiger partial charge in [0.1, 0.15) is 5.76 Å². The number of esters is 1. The van der Waals surface area contributed by atoms with E-state index in [1.165, 1.54) is 44.4 Å². The Morgan fingerprint density at radius 3 is 2.48 bits per heavy atom. The Labute approximate surface area is 162 Å². The van der Waals surface area contributed by atoms with Crippen LogP contribution in [0.5, 0.6) is 0 Å². The van der Waals surface area contributed by atoms with Crippen molar-refractivity contribution < 1.29 is 27.2 Å². The number of halogens is 1. The molecule has 0 unspecified atom stereocenters. The number of rotatable bonds is 7. The highest BCUT2D eigenvalue weighted by atomic mass is 35.5. The molecular formula is C17H19ClN2O6S. The van der Waals surface area contributed by atoms with Gasteiger partial charge in [0.25, 0.3) is 5.91 Å². The molecule has 0 saturated carbocycles. The minimum absolute atomic E-state index is 0.0223. The van der Waals surface area contributed by atoms with Crippen LogP contribution in [0, 0.1) is 0 Å². The summed E-state index contributed by atoms with van der Waals surface area (Å²) in [4.78, 5) is 25.6. The van der Waals surface area contributed by atoms with Gasteiger partial charge in [0.15, 0.2) is 6.61 Å². The number of ether oxygens (including phenoxy) is 1. The van der Waals surface area contributed by atoms with Crippen molar-refractivity contribution in [1.29, 1.82) is 0 Å². The molecular weight excluding hydrogens is 396 g/mol. The van der Waals surface area contributed by atoms with Gasteiger partial charge in [-0.05, 0) is 30.3 Å². The molecule has 0 N–H and O–H groups in total. The molecule has 0 aliphatic rings. The van der Waals surface area contributed by atoms with Crippen molar-refractivity contribution in [1.82, 2.24) is 9.21 Å². The zero-order valence-electron chi connectivity index (χ0n) is 15.0. The average Bonchev–Trinajstić information content (AvgIpc) is 3.12. The molecule has 0 fully saturated rings. The lowest BCUT2D eigenvalue weighted by atomic mass is 10.2. The van der Waals surface area contributed by atoms with Crippen LogP contribution in [-0.2, 0) is 26.1 Å². The standard InChI is InChI=1S/C17H19ClN2O6S/c1-19(2)27(23,24)13-6-7-15(18)14(9-13)17(22)26-11-16(21)20(3)10-12-5-4-8-25-12/h4-9H,10-11H2,1-3H3. The average molecular weight is 415 g/mol. The minimum atomic E-state index is -3.74. The fourth-order valence-corrected chi connectivity index (χ4v) is 3.19. The van der Waals surface area contributed by atoms with Crippen LogP contribution < -0.4 is 0 Å². The molecule has 0 spiro atoms. The number of likely N-dealkylation sites (N-methyl/N-ethyl adjacent to an activating group) is 1. The maximum atomic E-state index is 12.3. The number of hydrogen-bond donors (Lipinski definition) is 0. The van der Waals surface area contributed by atoms with Crippen molar-refractivity contribution in [3.05, 3.63) is 52.9 Å². The predicted octanol–water partition coefficient (Wildman–Crippen LogP) is 2.00. The topological polar surface area (TPSA) is 97.1 Å². The second kappa shape index (κ2) is 8.55. The fourth-order valence-electron chi connectivity index (χ4n) is 2.07. The van der Waals surface area contributed by atoms with Crippen LogP contribution >= 0.6 is 11.6 Å².